The van der Waals surface area contributed by atoms with E-state index in [2.05, 4.69) is 36.6 Å². The second kappa shape index (κ2) is 8.11. The van der Waals surface area contributed by atoms with Gasteiger partial charge in [0.15, 0.2) is 0 Å². The van der Waals surface area contributed by atoms with Crippen LogP contribution in [0.4, 0.5) is 0 Å². The number of aromatic nitrogens is 4. The highest BCUT2D eigenvalue weighted by molar-refractivity contribution is 5.78. The first kappa shape index (κ1) is 20.4. The van der Waals surface area contributed by atoms with Crippen molar-refractivity contribution in [3.05, 3.63) is 64.3 Å². The minimum absolute atomic E-state index is 0.0105. The Kier molecular flexibility index (Phi) is 5.52. The van der Waals surface area contributed by atoms with E-state index in [1.807, 2.05) is 47.2 Å². The van der Waals surface area contributed by atoms with Crippen LogP contribution in [-0.4, -0.2) is 18.7 Å². The van der Waals surface area contributed by atoms with Gasteiger partial charge in [0.1, 0.15) is 5.82 Å². The summed E-state index contributed by atoms with van der Waals surface area (Å²) in [6.07, 6.45) is 1.06. The van der Waals surface area contributed by atoms with Crippen molar-refractivity contribution in [1.29, 1.82) is 0 Å². The van der Waals surface area contributed by atoms with Gasteiger partial charge >= 0.3 is 5.69 Å². The van der Waals surface area contributed by atoms with Crippen LogP contribution in [0.3, 0.4) is 0 Å². The number of hydrogen-bond acceptors (Lipinski definition) is 3. The molecule has 0 unspecified atom stereocenters. The van der Waals surface area contributed by atoms with E-state index in [-0.39, 0.29) is 11.7 Å². The summed E-state index contributed by atoms with van der Waals surface area (Å²) in [4.78, 5) is 18.2. The van der Waals surface area contributed by atoms with Gasteiger partial charge in [-0.25, -0.2) is 9.78 Å². The third-order valence-corrected chi connectivity index (χ3v) is 5.74. The highest BCUT2D eigenvalue weighted by Crippen LogP contribution is 2.22. The molecule has 4 rings (SSSR count). The van der Waals surface area contributed by atoms with E-state index in [1.165, 1.54) is 0 Å². The van der Waals surface area contributed by atoms with Crippen LogP contribution in [0.1, 0.15) is 51.5 Å². The number of rotatable bonds is 7. The Bertz CT molecular complexity index is 1240. The summed E-state index contributed by atoms with van der Waals surface area (Å²) >= 11 is 0. The Morgan fingerprint density at radius 2 is 1.70 bits per heavy atom. The molecule has 0 saturated heterocycles. The van der Waals surface area contributed by atoms with Crippen molar-refractivity contribution < 1.29 is 0 Å². The molecule has 0 radical (unpaired) electrons. The molecule has 0 saturated carbocycles. The monoisotopic (exact) mass is 405 g/mol. The van der Waals surface area contributed by atoms with Crippen LogP contribution in [0.2, 0.25) is 0 Å². The van der Waals surface area contributed by atoms with Gasteiger partial charge in [0.25, 0.3) is 0 Å². The predicted molar refractivity (Wildman–Crippen MR) is 123 cm³/mol. The molecule has 0 spiro atoms. The molecule has 6 nitrogen and oxygen atoms in total. The zero-order chi connectivity index (χ0) is 21.4. The number of benzene rings is 2. The molecular formula is C24H31N5O. The highest BCUT2D eigenvalue weighted by Gasteiger charge is 2.18. The topological polar surface area (TPSA) is 70.8 Å². The molecule has 0 aliphatic heterocycles. The minimum atomic E-state index is 0.0105. The summed E-state index contributed by atoms with van der Waals surface area (Å²) in [7, 11) is 0. The number of aryl methyl sites for hydroxylation is 1. The van der Waals surface area contributed by atoms with Gasteiger partial charge in [-0.2, -0.15) is 0 Å². The molecule has 30 heavy (non-hydrogen) atoms. The Morgan fingerprint density at radius 3 is 2.37 bits per heavy atom. The number of para-hydroxylation sites is 2. The summed E-state index contributed by atoms with van der Waals surface area (Å²) in [5.41, 5.74) is 10.9. The fourth-order valence-corrected chi connectivity index (χ4v) is 4.14. The average molecular weight is 406 g/mol. The molecule has 0 fully saturated rings. The fourth-order valence-electron chi connectivity index (χ4n) is 4.14. The van der Waals surface area contributed by atoms with Gasteiger partial charge in [-0.3, -0.25) is 9.13 Å². The van der Waals surface area contributed by atoms with Crippen molar-refractivity contribution in [1.82, 2.24) is 18.7 Å². The molecule has 2 heterocycles. The SMILES string of the molecule is CC(C)CCn1c(Cn2c(=O)n(C(C)C)c3ccccc32)nc2cc(CN)ccc21. The van der Waals surface area contributed by atoms with Gasteiger partial charge in [0.2, 0.25) is 0 Å². The second-order valence-corrected chi connectivity index (χ2v) is 8.71. The van der Waals surface area contributed by atoms with E-state index in [9.17, 15) is 4.79 Å². The van der Waals surface area contributed by atoms with Crippen LogP contribution >= 0.6 is 0 Å². The third kappa shape index (κ3) is 3.56. The number of hydrogen-bond donors (Lipinski definition) is 1. The van der Waals surface area contributed by atoms with Crippen molar-refractivity contribution in [2.45, 2.75) is 59.8 Å². The predicted octanol–water partition coefficient (Wildman–Crippen LogP) is 4.29. The summed E-state index contributed by atoms with van der Waals surface area (Å²) in [6.45, 7) is 10.4. The van der Waals surface area contributed by atoms with E-state index < -0.39 is 0 Å². The van der Waals surface area contributed by atoms with E-state index in [1.54, 1.807) is 0 Å². The largest absolute Gasteiger partial charge is 0.329 e. The molecule has 4 aromatic rings. The molecule has 0 atom stereocenters. The maximum absolute atomic E-state index is 13.3. The molecule has 158 valence electrons. The normalized spacial score (nSPS) is 12.1. The molecule has 6 heteroatoms. The van der Waals surface area contributed by atoms with Gasteiger partial charge in [0, 0.05) is 19.1 Å². The zero-order valence-corrected chi connectivity index (χ0v) is 18.3. The first-order chi connectivity index (χ1) is 14.4. The van der Waals surface area contributed by atoms with Crippen LogP contribution in [-0.2, 0) is 19.6 Å². The number of nitrogens with two attached hydrogens (primary N) is 1. The van der Waals surface area contributed by atoms with Crippen molar-refractivity contribution in [3.63, 3.8) is 0 Å². The lowest BCUT2D eigenvalue weighted by atomic mass is 10.1. The van der Waals surface area contributed by atoms with Gasteiger partial charge < -0.3 is 10.3 Å². The lowest BCUT2D eigenvalue weighted by molar-refractivity contribution is 0.504. The number of nitrogens with zero attached hydrogens (tertiary/aromatic N) is 4. The molecule has 2 aromatic carbocycles. The zero-order valence-electron chi connectivity index (χ0n) is 18.3. The molecule has 0 aliphatic carbocycles. The minimum Gasteiger partial charge on any atom is -0.326 e. The van der Waals surface area contributed by atoms with Crippen molar-refractivity contribution in [3.8, 4) is 0 Å². The first-order valence-electron chi connectivity index (χ1n) is 10.8. The van der Waals surface area contributed by atoms with Crippen molar-refractivity contribution in [2.24, 2.45) is 11.7 Å². The third-order valence-electron chi connectivity index (χ3n) is 5.74. The highest BCUT2D eigenvalue weighted by atomic mass is 16.1. The summed E-state index contributed by atoms with van der Waals surface area (Å²) in [5.74, 6) is 1.50. The van der Waals surface area contributed by atoms with E-state index >= 15 is 0 Å². The lowest BCUT2D eigenvalue weighted by Crippen LogP contribution is -2.27. The maximum Gasteiger partial charge on any atom is 0.329 e. The first-order valence-corrected chi connectivity index (χ1v) is 10.8. The Hall–Kier alpha value is -2.86. The summed E-state index contributed by atoms with van der Waals surface area (Å²) < 4.78 is 5.98. The van der Waals surface area contributed by atoms with Gasteiger partial charge in [0.05, 0.1) is 28.6 Å². The van der Waals surface area contributed by atoms with Crippen molar-refractivity contribution >= 4 is 22.1 Å². The second-order valence-electron chi connectivity index (χ2n) is 8.71. The van der Waals surface area contributed by atoms with E-state index in [0.29, 0.717) is 19.0 Å². The Labute approximate surface area is 176 Å². The molecule has 2 N–H and O–H groups in total. The van der Waals surface area contributed by atoms with Crippen LogP contribution in [0.15, 0.2) is 47.3 Å². The quantitative estimate of drug-likeness (QED) is 0.499. The van der Waals surface area contributed by atoms with Crippen LogP contribution < -0.4 is 11.4 Å². The number of fused-ring (bicyclic) bond motifs is 2. The molecule has 0 bridgehead atoms. The maximum atomic E-state index is 13.3. The lowest BCUT2D eigenvalue weighted by Gasteiger charge is -2.12. The van der Waals surface area contributed by atoms with Gasteiger partial charge in [-0.1, -0.05) is 32.0 Å². The van der Waals surface area contributed by atoms with E-state index in [0.717, 1.165) is 46.4 Å². The number of imidazole rings is 2. The smallest absolute Gasteiger partial charge is 0.326 e. The Morgan fingerprint density at radius 1 is 0.967 bits per heavy atom. The molecule has 0 aliphatic rings. The average Bonchev–Trinajstić information content (AvgIpc) is 3.20. The molecule has 0 amide bonds. The standard InChI is InChI=1S/C24H31N5O/c1-16(2)11-12-27-20-10-9-18(14-25)13-19(20)26-23(27)15-28-21-7-5-6-8-22(21)29(17(3)4)24(28)30/h5-10,13,16-17H,11-12,14-15,25H2,1-4H3. The van der Waals surface area contributed by atoms with Crippen LogP contribution in [0.25, 0.3) is 22.1 Å². The summed E-state index contributed by atoms with van der Waals surface area (Å²) in [6, 6.07) is 14.3. The van der Waals surface area contributed by atoms with Gasteiger partial charge in [-0.05, 0) is 56.0 Å². The van der Waals surface area contributed by atoms with Crippen molar-refractivity contribution in [2.75, 3.05) is 0 Å². The fraction of sp³-hybridized carbons (Fsp3) is 0.417. The summed E-state index contributed by atoms with van der Waals surface area (Å²) in [5, 5.41) is 0. The molecular weight excluding hydrogens is 374 g/mol. The Balaban J connectivity index is 1.87. The van der Waals surface area contributed by atoms with Crippen LogP contribution in [0, 0.1) is 5.92 Å². The van der Waals surface area contributed by atoms with E-state index in [4.69, 9.17) is 10.7 Å². The molecule has 2 aromatic heterocycles. The van der Waals surface area contributed by atoms with Gasteiger partial charge in [-0.15, -0.1) is 0 Å². The van der Waals surface area contributed by atoms with Crippen LogP contribution in [0.5, 0.6) is 0 Å².